The molecular formula is C24H35N3O5. The molecule has 0 spiro atoms. The van der Waals surface area contributed by atoms with Crippen LogP contribution in [0.5, 0.6) is 0 Å². The predicted molar refractivity (Wildman–Crippen MR) is 128 cm³/mol. The van der Waals surface area contributed by atoms with Gasteiger partial charge >= 0.3 is 12.0 Å². The summed E-state index contributed by atoms with van der Waals surface area (Å²) < 4.78 is 0. The van der Waals surface area contributed by atoms with Crippen LogP contribution in [0.1, 0.15) is 64.9 Å². The predicted octanol–water partition coefficient (Wildman–Crippen LogP) is 6.15. The molecule has 2 atom stereocenters. The lowest BCUT2D eigenvalue weighted by atomic mass is 10.1. The van der Waals surface area contributed by atoms with Gasteiger partial charge in [0.2, 0.25) is 0 Å². The Balaban J connectivity index is 0.000000466. The van der Waals surface area contributed by atoms with Crippen molar-refractivity contribution in [1.82, 2.24) is 5.32 Å². The van der Waals surface area contributed by atoms with Crippen molar-refractivity contribution in [3.8, 4) is 0 Å². The van der Waals surface area contributed by atoms with Crippen molar-refractivity contribution in [3.63, 3.8) is 0 Å². The van der Waals surface area contributed by atoms with Crippen LogP contribution in [0, 0.1) is 10.8 Å². The Hall–Kier alpha value is -3.29. The van der Waals surface area contributed by atoms with Gasteiger partial charge in [-0.2, -0.15) is 4.99 Å². The second-order valence-corrected chi connectivity index (χ2v) is 7.30. The Morgan fingerprint density at radius 1 is 1.25 bits per heavy atom. The molecule has 2 N–H and O–H groups in total. The van der Waals surface area contributed by atoms with Crippen LogP contribution >= 0.6 is 0 Å². The molecule has 0 radical (unpaired) electrons. The highest BCUT2D eigenvalue weighted by atomic mass is 16.7. The van der Waals surface area contributed by atoms with E-state index >= 15 is 0 Å². The smallest absolute Gasteiger partial charge is 0.345 e. The molecule has 0 fully saturated rings. The van der Waals surface area contributed by atoms with Crippen molar-refractivity contribution in [1.29, 1.82) is 0 Å². The van der Waals surface area contributed by atoms with Crippen LogP contribution in [0.4, 0.5) is 4.79 Å². The molecule has 2 rings (SSSR count). The zero-order chi connectivity index (χ0) is 24.2. The average molecular weight is 446 g/mol. The molecule has 8 heteroatoms. The number of carboxylic acids is 1. The van der Waals surface area contributed by atoms with Gasteiger partial charge in [0.15, 0.2) is 5.34 Å². The molecule has 0 bridgehead atoms. The van der Waals surface area contributed by atoms with Crippen molar-refractivity contribution < 1.29 is 19.5 Å². The highest BCUT2D eigenvalue weighted by Gasteiger charge is 2.07. The lowest BCUT2D eigenvalue weighted by Gasteiger charge is -2.05. The normalized spacial score (nSPS) is 14.7. The van der Waals surface area contributed by atoms with E-state index < -0.39 is 5.97 Å². The van der Waals surface area contributed by atoms with Crippen LogP contribution in [0.2, 0.25) is 0 Å². The number of urea groups is 1. The van der Waals surface area contributed by atoms with Gasteiger partial charge in [-0.05, 0) is 37.8 Å². The highest BCUT2D eigenvalue weighted by Crippen LogP contribution is 2.08. The number of nitrogens with zero attached hydrogens (tertiary/aromatic N) is 2. The summed E-state index contributed by atoms with van der Waals surface area (Å²) >= 11 is 0. The number of aliphatic carboxylic acids is 1. The summed E-state index contributed by atoms with van der Waals surface area (Å²) in [7, 11) is 0. The number of benzene rings is 1. The van der Waals surface area contributed by atoms with Gasteiger partial charge in [0.05, 0.1) is 17.8 Å². The SMILES string of the molecule is C=CCC(C)C(=O)O.CCCCCCC(C)ON=O.O=C1N=CC(=Cc2ccccc2)N1. The van der Waals surface area contributed by atoms with Crippen molar-refractivity contribution in [2.24, 2.45) is 16.3 Å². The second kappa shape index (κ2) is 18.5. The third kappa shape index (κ3) is 15.5. The van der Waals surface area contributed by atoms with Gasteiger partial charge in [0, 0.05) is 0 Å². The standard InChI is InChI=1S/C10H8N2O.C8H17NO2.C6H10O2/c13-10-11-7-9(12-10)6-8-4-2-1-3-5-8;1-3-4-5-6-7-8(2)11-9-10;1-3-4-5(2)6(7)8/h1-7H,(H,12,13);8H,3-7H2,1-2H3;3,5H,1,4H2,2H3,(H,7,8). The summed E-state index contributed by atoms with van der Waals surface area (Å²) in [5.41, 5.74) is 1.78. The third-order valence-electron chi connectivity index (χ3n) is 4.32. The average Bonchev–Trinajstić information content (AvgIpc) is 3.18. The maximum atomic E-state index is 10.7. The van der Waals surface area contributed by atoms with Crippen LogP contribution in [-0.2, 0) is 9.63 Å². The van der Waals surface area contributed by atoms with Gasteiger partial charge in [0.25, 0.3) is 0 Å². The molecule has 0 saturated heterocycles. The molecule has 176 valence electrons. The van der Waals surface area contributed by atoms with Crippen molar-refractivity contribution in [3.05, 3.63) is 59.2 Å². The Kier molecular flexibility index (Phi) is 16.6. The fraction of sp³-hybridized carbons (Fsp3) is 0.458. The first-order chi connectivity index (χ1) is 15.3. The van der Waals surface area contributed by atoms with E-state index in [1.54, 1.807) is 13.0 Å². The number of hydrogen-bond donors (Lipinski definition) is 2. The van der Waals surface area contributed by atoms with E-state index in [0.29, 0.717) is 6.42 Å². The topological polar surface area (TPSA) is 117 Å². The summed E-state index contributed by atoms with van der Waals surface area (Å²) in [5.74, 6) is -1.04. The largest absolute Gasteiger partial charge is 0.481 e. The lowest BCUT2D eigenvalue weighted by molar-refractivity contribution is -0.140. The molecule has 1 aliphatic heterocycles. The number of allylic oxidation sites excluding steroid dienone is 2. The van der Waals surface area contributed by atoms with Crippen LogP contribution < -0.4 is 5.32 Å². The molecule has 2 unspecified atom stereocenters. The highest BCUT2D eigenvalue weighted by molar-refractivity contribution is 6.02. The minimum atomic E-state index is -0.759. The van der Waals surface area contributed by atoms with Gasteiger partial charge in [-0.1, -0.05) is 69.5 Å². The van der Waals surface area contributed by atoms with Crippen molar-refractivity contribution in [2.75, 3.05) is 0 Å². The third-order valence-corrected chi connectivity index (χ3v) is 4.32. The quantitative estimate of drug-likeness (QED) is 0.183. The maximum absolute atomic E-state index is 10.7. The number of rotatable bonds is 11. The van der Waals surface area contributed by atoms with E-state index in [2.05, 4.69) is 34.0 Å². The van der Waals surface area contributed by atoms with E-state index in [1.807, 2.05) is 43.3 Å². The molecule has 1 heterocycles. The van der Waals surface area contributed by atoms with E-state index in [-0.39, 0.29) is 18.1 Å². The molecule has 0 aliphatic carbocycles. The molecule has 1 aromatic rings. The van der Waals surface area contributed by atoms with Crippen LogP contribution in [0.25, 0.3) is 6.08 Å². The van der Waals surface area contributed by atoms with Gasteiger partial charge in [-0.15, -0.1) is 11.5 Å². The van der Waals surface area contributed by atoms with E-state index in [4.69, 9.17) is 5.11 Å². The fourth-order valence-electron chi connectivity index (χ4n) is 2.45. The van der Waals surface area contributed by atoms with Crippen LogP contribution in [0.15, 0.2) is 59.0 Å². The zero-order valence-electron chi connectivity index (χ0n) is 19.2. The Labute approximate surface area is 190 Å². The summed E-state index contributed by atoms with van der Waals surface area (Å²) in [4.78, 5) is 38.4. The number of amides is 2. The number of nitrogens with one attached hydrogen (secondary N) is 1. The number of carbonyl (C=O) groups excluding carboxylic acids is 1. The van der Waals surface area contributed by atoms with E-state index in [0.717, 1.165) is 24.1 Å². The number of carboxylic acid groups (broad SMARTS) is 1. The number of hydrogen-bond acceptors (Lipinski definition) is 5. The second-order valence-electron chi connectivity index (χ2n) is 7.30. The fourth-order valence-corrected chi connectivity index (χ4v) is 2.45. The van der Waals surface area contributed by atoms with Crippen LogP contribution in [-0.4, -0.2) is 29.4 Å². The zero-order valence-corrected chi connectivity index (χ0v) is 19.2. The van der Waals surface area contributed by atoms with E-state index in [9.17, 15) is 14.5 Å². The summed E-state index contributed by atoms with van der Waals surface area (Å²) in [6.45, 7) is 9.12. The van der Waals surface area contributed by atoms with E-state index in [1.165, 1.54) is 25.5 Å². The Bertz CT molecular complexity index is 747. The lowest BCUT2D eigenvalue weighted by Crippen LogP contribution is -2.11. The molecule has 32 heavy (non-hydrogen) atoms. The number of carbonyl (C=O) groups is 2. The Morgan fingerprint density at radius 2 is 1.94 bits per heavy atom. The molecule has 1 aliphatic rings. The first-order valence-electron chi connectivity index (χ1n) is 10.8. The van der Waals surface area contributed by atoms with Crippen LogP contribution in [0.3, 0.4) is 0 Å². The minimum absolute atomic E-state index is 0.00986. The molecule has 8 nitrogen and oxygen atoms in total. The molecule has 0 saturated carbocycles. The molecular weight excluding hydrogens is 410 g/mol. The monoisotopic (exact) mass is 445 g/mol. The Morgan fingerprint density at radius 3 is 2.41 bits per heavy atom. The van der Waals surface area contributed by atoms with Gasteiger partial charge in [-0.25, -0.2) is 4.79 Å². The molecule has 2 amide bonds. The summed E-state index contributed by atoms with van der Waals surface area (Å²) in [5, 5.41) is 13.3. The van der Waals surface area contributed by atoms with Crippen molar-refractivity contribution in [2.45, 2.75) is 65.4 Å². The summed E-state index contributed by atoms with van der Waals surface area (Å²) in [6, 6.07) is 9.46. The number of aliphatic imine (C=N–C) groups is 1. The number of unbranched alkanes of at least 4 members (excludes halogenated alkanes) is 3. The van der Waals surface area contributed by atoms with Crippen molar-refractivity contribution >= 4 is 24.3 Å². The van der Waals surface area contributed by atoms with Gasteiger partial charge in [0.1, 0.15) is 6.10 Å². The molecule has 1 aromatic carbocycles. The first kappa shape index (κ1) is 28.7. The minimum Gasteiger partial charge on any atom is -0.481 e. The first-order valence-corrected chi connectivity index (χ1v) is 10.8. The van der Waals surface area contributed by atoms with Gasteiger partial charge in [-0.3, -0.25) is 4.79 Å². The van der Waals surface area contributed by atoms with Gasteiger partial charge < -0.3 is 15.3 Å². The maximum Gasteiger partial charge on any atom is 0.345 e. The molecule has 0 aromatic heterocycles. The summed E-state index contributed by atoms with van der Waals surface area (Å²) in [6.07, 6.45) is 11.3.